The van der Waals surface area contributed by atoms with Crippen molar-refractivity contribution in [3.8, 4) is 17.0 Å². The molecule has 3 nitrogen and oxygen atoms in total. The number of hydrogen-bond acceptors (Lipinski definition) is 3. The van der Waals surface area contributed by atoms with Crippen molar-refractivity contribution in [1.29, 1.82) is 0 Å². The van der Waals surface area contributed by atoms with Crippen molar-refractivity contribution in [2.24, 2.45) is 0 Å². The fourth-order valence-electron chi connectivity index (χ4n) is 2.22. The van der Waals surface area contributed by atoms with Gasteiger partial charge in [0.25, 0.3) is 5.56 Å². The van der Waals surface area contributed by atoms with Crippen LogP contribution in [0.3, 0.4) is 0 Å². The molecule has 0 saturated carbocycles. The minimum Gasteiger partial charge on any atom is -0.483 e. The molecule has 0 bridgehead atoms. The molecule has 0 saturated heterocycles. The van der Waals surface area contributed by atoms with Crippen molar-refractivity contribution in [3.63, 3.8) is 0 Å². The van der Waals surface area contributed by atoms with E-state index in [0.29, 0.717) is 12.5 Å². The van der Waals surface area contributed by atoms with Gasteiger partial charge in [-0.3, -0.25) is 4.79 Å². The van der Waals surface area contributed by atoms with Gasteiger partial charge in [0.1, 0.15) is 11.7 Å². The summed E-state index contributed by atoms with van der Waals surface area (Å²) in [6.07, 6.45) is 2.01. The van der Waals surface area contributed by atoms with Crippen molar-refractivity contribution in [2.75, 3.05) is 12.2 Å². The van der Waals surface area contributed by atoms with E-state index < -0.39 is 0 Å². The third kappa shape index (κ3) is 3.07. The molecule has 2 aromatic rings. The molecule has 0 unspecified atom stereocenters. The van der Waals surface area contributed by atoms with Crippen molar-refractivity contribution in [1.82, 2.24) is 4.57 Å². The second-order valence-electron chi connectivity index (χ2n) is 4.52. The van der Waals surface area contributed by atoms with Gasteiger partial charge < -0.3 is 9.30 Å². The van der Waals surface area contributed by atoms with Gasteiger partial charge in [0.15, 0.2) is 0 Å². The highest BCUT2D eigenvalue weighted by Gasteiger charge is 2.08. The van der Waals surface area contributed by atoms with Crippen LogP contribution in [0.5, 0.6) is 5.75 Å². The third-order valence-electron chi connectivity index (χ3n) is 3.18. The highest BCUT2D eigenvalue weighted by atomic mass is 32.2. The van der Waals surface area contributed by atoms with Gasteiger partial charge in [-0.05, 0) is 49.9 Å². The predicted octanol–water partition coefficient (Wildman–Crippen LogP) is 3.54. The lowest BCUT2D eigenvalue weighted by Crippen LogP contribution is -2.19. The molecule has 0 aliphatic carbocycles. The average Bonchev–Trinajstić information content (AvgIpc) is 2.45. The van der Waals surface area contributed by atoms with Crippen LogP contribution < -0.4 is 10.3 Å². The molecule has 0 aliphatic heterocycles. The maximum atomic E-state index is 11.9. The number of thioether (sulfide) groups is 1. The minimum absolute atomic E-state index is 0.0344. The monoisotopic (exact) mass is 289 g/mol. The zero-order chi connectivity index (χ0) is 14.5. The number of hydrogen-bond donors (Lipinski definition) is 0. The van der Waals surface area contributed by atoms with Crippen LogP contribution >= 0.6 is 11.8 Å². The van der Waals surface area contributed by atoms with Crippen molar-refractivity contribution in [3.05, 3.63) is 52.3 Å². The van der Waals surface area contributed by atoms with Crippen LogP contribution in [0.1, 0.15) is 12.5 Å². The molecule has 0 atom stereocenters. The quantitative estimate of drug-likeness (QED) is 0.789. The van der Waals surface area contributed by atoms with Crippen LogP contribution in [-0.4, -0.2) is 16.8 Å². The van der Waals surface area contributed by atoms with Crippen LogP contribution in [0.2, 0.25) is 0 Å². The number of benzene rings is 1. The lowest BCUT2D eigenvalue weighted by atomic mass is 10.0. The fraction of sp³-hybridized carbons (Fsp3) is 0.312. The Kier molecular flexibility index (Phi) is 4.90. The van der Waals surface area contributed by atoms with E-state index in [4.69, 9.17) is 4.74 Å². The molecule has 20 heavy (non-hydrogen) atoms. The summed E-state index contributed by atoms with van der Waals surface area (Å²) < 4.78 is 7.38. The SMILES string of the molecule is CCn1c(-c2ccc(OCSC)cc2C)cccc1=O. The molecule has 2 rings (SSSR count). The lowest BCUT2D eigenvalue weighted by Gasteiger charge is -2.14. The third-order valence-corrected chi connectivity index (χ3v) is 3.54. The van der Waals surface area contributed by atoms with Gasteiger partial charge in [0, 0.05) is 18.2 Å². The highest BCUT2D eigenvalue weighted by Crippen LogP contribution is 2.26. The Morgan fingerprint density at radius 2 is 2.05 bits per heavy atom. The number of nitrogens with zero attached hydrogens (tertiary/aromatic N) is 1. The van der Waals surface area contributed by atoms with E-state index in [1.54, 1.807) is 28.5 Å². The Balaban J connectivity index is 2.44. The van der Waals surface area contributed by atoms with Crippen LogP contribution in [0.25, 0.3) is 11.3 Å². The normalized spacial score (nSPS) is 10.6. The minimum atomic E-state index is 0.0344. The Morgan fingerprint density at radius 1 is 1.25 bits per heavy atom. The maximum Gasteiger partial charge on any atom is 0.250 e. The molecular weight excluding hydrogens is 270 g/mol. The Morgan fingerprint density at radius 3 is 2.70 bits per heavy atom. The van der Waals surface area contributed by atoms with E-state index >= 15 is 0 Å². The molecule has 0 radical (unpaired) electrons. The summed E-state index contributed by atoms with van der Waals surface area (Å²) in [7, 11) is 0. The molecule has 4 heteroatoms. The van der Waals surface area contributed by atoms with Gasteiger partial charge in [-0.15, -0.1) is 11.8 Å². The van der Waals surface area contributed by atoms with Gasteiger partial charge in [0.05, 0.1) is 5.69 Å². The first-order valence-electron chi connectivity index (χ1n) is 6.60. The number of pyridine rings is 1. The molecule has 0 aliphatic rings. The number of aromatic nitrogens is 1. The Labute approximate surface area is 123 Å². The molecule has 1 heterocycles. The lowest BCUT2D eigenvalue weighted by molar-refractivity contribution is 0.393. The van der Waals surface area contributed by atoms with E-state index in [2.05, 4.69) is 0 Å². The fourth-order valence-corrected chi connectivity index (χ4v) is 2.48. The van der Waals surface area contributed by atoms with Crippen LogP contribution in [0, 0.1) is 6.92 Å². The molecule has 0 spiro atoms. The second kappa shape index (κ2) is 6.66. The summed E-state index contributed by atoms with van der Waals surface area (Å²) in [6, 6.07) is 11.4. The summed E-state index contributed by atoms with van der Waals surface area (Å²) >= 11 is 1.64. The summed E-state index contributed by atoms with van der Waals surface area (Å²) in [5.41, 5.74) is 3.17. The van der Waals surface area contributed by atoms with Gasteiger partial charge in [-0.1, -0.05) is 6.07 Å². The van der Waals surface area contributed by atoms with Crippen molar-refractivity contribution in [2.45, 2.75) is 20.4 Å². The smallest absolute Gasteiger partial charge is 0.250 e. The predicted molar refractivity (Wildman–Crippen MR) is 85.6 cm³/mol. The summed E-state index contributed by atoms with van der Waals surface area (Å²) in [5.74, 6) is 1.51. The zero-order valence-corrected chi connectivity index (χ0v) is 12.9. The van der Waals surface area contributed by atoms with Crippen molar-refractivity contribution >= 4 is 11.8 Å². The first kappa shape index (κ1) is 14.7. The van der Waals surface area contributed by atoms with Gasteiger partial charge in [0.2, 0.25) is 0 Å². The number of rotatable bonds is 5. The Hall–Kier alpha value is -1.68. The first-order valence-corrected chi connectivity index (χ1v) is 7.99. The van der Waals surface area contributed by atoms with E-state index in [1.807, 2.05) is 44.4 Å². The van der Waals surface area contributed by atoms with Gasteiger partial charge in [-0.2, -0.15) is 0 Å². The van der Waals surface area contributed by atoms with E-state index in [-0.39, 0.29) is 5.56 Å². The maximum absolute atomic E-state index is 11.9. The number of aryl methyl sites for hydroxylation is 1. The highest BCUT2D eigenvalue weighted by molar-refractivity contribution is 7.98. The summed E-state index contributed by atoms with van der Waals surface area (Å²) in [5, 5.41) is 0. The molecule has 0 amide bonds. The standard InChI is InChI=1S/C16H19NO2S/c1-4-17-15(6-5-7-16(17)18)14-9-8-13(10-12(14)2)19-11-20-3/h5-10H,4,11H2,1-3H3. The molecule has 1 aromatic heterocycles. The van der Waals surface area contributed by atoms with E-state index in [9.17, 15) is 4.79 Å². The second-order valence-corrected chi connectivity index (χ2v) is 5.33. The van der Waals surface area contributed by atoms with Crippen molar-refractivity contribution < 1.29 is 4.74 Å². The average molecular weight is 289 g/mol. The van der Waals surface area contributed by atoms with Gasteiger partial charge in [-0.25, -0.2) is 0 Å². The summed E-state index contributed by atoms with van der Waals surface area (Å²) in [6.45, 7) is 4.69. The first-order chi connectivity index (χ1) is 9.67. The topological polar surface area (TPSA) is 31.2 Å². The zero-order valence-electron chi connectivity index (χ0n) is 12.1. The summed E-state index contributed by atoms with van der Waals surface area (Å²) in [4.78, 5) is 11.9. The number of ether oxygens (including phenoxy) is 1. The molecule has 1 aromatic carbocycles. The van der Waals surface area contributed by atoms with Crippen LogP contribution in [0.4, 0.5) is 0 Å². The molecule has 0 fully saturated rings. The molecule has 0 N–H and O–H groups in total. The molecular formula is C16H19NO2S. The molecule has 106 valence electrons. The van der Waals surface area contributed by atoms with Crippen LogP contribution in [0.15, 0.2) is 41.2 Å². The Bertz CT molecular complexity index is 649. The largest absolute Gasteiger partial charge is 0.483 e. The van der Waals surface area contributed by atoms with E-state index in [1.165, 1.54) is 0 Å². The van der Waals surface area contributed by atoms with Crippen LogP contribution in [-0.2, 0) is 6.54 Å². The van der Waals surface area contributed by atoms with E-state index in [0.717, 1.165) is 22.6 Å². The van der Waals surface area contributed by atoms with Gasteiger partial charge >= 0.3 is 0 Å².